The lowest BCUT2D eigenvalue weighted by atomic mass is 10.0. The van der Waals surface area contributed by atoms with E-state index in [4.69, 9.17) is 27.9 Å². The van der Waals surface area contributed by atoms with Gasteiger partial charge < -0.3 is 9.84 Å². The summed E-state index contributed by atoms with van der Waals surface area (Å²) in [5.74, 6) is 1.23. The summed E-state index contributed by atoms with van der Waals surface area (Å²) in [7, 11) is 0. The Morgan fingerprint density at radius 2 is 1.88 bits per heavy atom. The third-order valence-corrected chi connectivity index (χ3v) is 4.13. The number of halogens is 2. The average molecular weight is 376 g/mol. The highest BCUT2D eigenvalue weighted by molar-refractivity contribution is 6.32. The summed E-state index contributed by atoms with van der Waals surface area (Å²) in [6.07, 6.45) is 2.11. The van der Waals surface area contributed by atoms with Crippen molar-refractivity contribution in [1.29, 1.82) is 0 Å². The third-order valence-electron chi connectivity index (χ3n) is 3.56. The Morgan fingerprint density at radius 3 is 2.52 bits per heavy atom. The van der Waals surface area contributed by atoms with Crippen LogP contribution in [-0.4, -0.2) is 26.0 Å². The molecule has 3 rings (SSSR count). The van der Waals surface area contributed by atoms with Gasteiger partial charge in [0.05, 0.1) is 17.7 Å². The topological polar surface area (TPSA) is 60.2 Å². The van der Waals surface area contributed by atoms with Crippen molar-refractivity contribution in [2.24, 2.45) is 0 Å². The number of benzene rings is 2. The van der Waals surface area contributed by atoms with Gasteiger partial charge in [-0.1, -0.05) is 29.8 Å². The zero-order valence-electron chi connectivity index (χ0n) is 13.1. The molecule has 128 valence electrons. The minimum atomic E-state index is -0.831. The molecular formula is C18H15Cl2N3O2. The Balaban J connectivity index is 1.72. The lowest BCUT2D eigenvalue weighted by Gasteiger charge is -2.16. The molecule has 1 N–H and O–H groups in total. The van der Waals surface area contributed by atoms with E-state index in [1.54, 1.807) is 42.5 Å². The van der Waals surface area contributed by atoms with Crippen molar-refractivity contribution >= 4 is 28.8 Å². The standard InChI is InChI=1S/C18H15Cl2N3O2/c1-12(18(24)9-23-11-21-10-22-23)16-7-6-15(8-17(16)20)25-14-4-2-13(19)3-5-14/h2-8,10-11,18,24H,1,9H2. The minimum absolute atomic E-state index is 0.248. The highest BCUT2D eigenvalue weighted by Crippen LogP contribution is 2.31. The van der Waals surface area contributed by atoms with Crippen LogP contribution in [0.1, 0.15) is 5.56 Å². The van der Waals surface area contributed by atoms with Crippen LogP contribution in [0.25, 0.3) is 5.57 Å². The van der Waals surface area contributed by atoms with E-state index >= 15 is 0 Å². The van der Waals surface area contributed by atoms with Gasteiger partial charge in [-0.25, -0.2) is 4.98 Å². The van der Waals surface area contributed by atoms with Crippen LogP contribution in [-0.2, 0) is 6.54 Å². The summed E-state index contributed by atoms with van der Waals surface area (Å²) in [6.45, 7) is 4.19. The summed E-state index contributed by atoms with van der Waals surface area (Å²) in [5.41, 5.74) is 1.15. The van der Waals surface area contributed by atoms with E-state index in [1.165, 1.54) is 17.3 Å². The fraction of sp³-hybridized carbons (Fsp3) is 0.111. The second kappa shape index (κ2) is 7.70. The van der Waals surface area contributed by atoms with E-state index in [1.807, 2.05) is 0 Å². The molecule has 0 aliphatic rings. The molecule has 0 amide bonds. The Hall–Kier alpha value is -2.34. The maximum absolute atomic E-state index is 10.3. The molecule has 3 aromatic rings. The van der Waals surface area contributed by atoms with Crippen molar-refractivity contribution in [1.82, 2.24) is 14.8 Å². The third kappa shape index (κ3) is 4.39. The van der Waals surface area contributed by atoms with Crippen LogP contribution in [0.2, 0.25) is 10.0 Å². The van der Waals surface area contributed by atoms with Gasteiger partial charge in [-0.15, -0.1) is 0 Å². The molecule has 5 nitrogen and oxygen atoms in total. The Labute approximate surface area is 155 Å². The van der Waals surface area contributed by atoms with Crippen molar-refractivity contribution in [2.45, 2.75) is 12.6 Å². The first-order valence-corrected chi connectivity index (χ1v) is 8.21. The quantitative estimate of drug-likeness (QED) is 0.691. The van der Waals surface area contributed by atoms with E-state index in [-0.39, 0.29) is 6.54 Å². The van der Waals surface area contributed by atoms with Crippen molar-refractivity contribution in [3.63, 3.8) is 0 Å². The predicted octanol–water partition coefficient (Wildman–Crippen LogP) is 4.45. The Kier molecular flexibility index (Phi) is 5.38. The molecule has 0 spiro atoms. The molecule has 1 heterocycles. The number of nitrogens with zero attached hydrogens (tertiary/aromatic N) is 3. The second-order valence-electron chi connectivity index (χ2n) is 5.36. The maximum Gasteiger partial charge on any atom is 0.137 e. The lowest BCUT2D eigenvalue weighted by molar-refractivity contribution is 0.205. The largest absolute Gasteiger partial charge is 0.457 e. The molecule has 0 aliphatic heterocycles. The second-order valence-corrected chi connectivity index (χ2v) is 6.20. The molecule has 1 atom stereocenters. The van der Waals surface area contributed by atoms with Gasteiger partial charge in [0.25, 0.3) is 0 Å². The number of aromatic nitrogens is 3. The van der Waals surface area contributed by atoms with Crippen molar-refractivity contribution < 1.29 is 9.84 Å². The van der Waals surface area contributed by atoms with Gasteiger partial charge in [0.2, 0.25) is 0 Å². The van der Waals surface area contributed by atoms with E-state index in [2.05, 4.69) is 16.7 Å². The molecule has 0 bridgehead atoms. The number of aliphatic hydroxyl groups is 1. The van der Waals surface area contributed by atoms with Gasteiger partial charge in [-0.3, -0.25) is 4.68 Å². The first kappa shape index (κ1) is 17.5. The maximum atomic E-state index is 10.3. The number of ether oxygens (including phenoxy) is 1. The van der Waals surface area contributed by atoms with E-state index < -0.39 is 6.10 Å². The summed E-state index contributed by atoms with van der Waals surface area (Å²) < 4.78 is 7.27. The average Bonchev–Trinajstić information content (AvgIpc) is 3.09. The van der Waals surface area contributed by atoms with Crippen LogP contribution in [0.3, 0.4) is 0 Å². The molecule has 0 saturated carbocycles. The fourth-order valence-corrected chi connectivity index (χ4v) is 2.67. The monoisotopic (exact) mass is 375 g/mol. The molecular weight excluding hydrogens is 361 g/mol. The number of aliphatic hydroxyl groups excluding tert-OH is 1. The van der Waals surface area contributed by atoms with Gasteiger partial charge in [0.15, 0.2) is 0 Å². The highest BCUT2D eigenvalue weighted by atomic mass is 35.5. The SMILES string of the molecule is C=C(c1ccc(Oc2ccc(Cl)cc2)cc1Cl)C(O)Cn1cncn1. The van der Waals surface area contributed by atoms with E-state index in [9.17, 15) is 5.11 Å². The van der Waals surface area contributed by atoms with Crippen LogP contribution >= 0.6 is 23.2 Å². The zero-order valence-corrected chi connectivity index (χ0v) is 14.7. The van der Waals surface area contributed by atoms with E-state index in [0.29, 0.717) is 32.7 Å². The van der Waals surface area contributed by atoms with Crippen molar-refractivity contribution in [2.75, 3.05) is 0 Å². The number of hydrogen-bond acceptors (Lipinski definition) is 4. The highest BCUT2D eigenvalue weighted by Gasteiger charge is 2.15. The zero-order chi connectivity index (χ0) is 17.8. The van der Waals surface area contributed by atoms with Crippen LogP contribution in [0.4, 0.5) is 0 Å². The van der Waals surface area contributed by atoms with Crippen LogP contribution in [0.15, 0.2) is 61.7 Å². The van der Waals surface area contributed by atoms with Gasteiger partial charge >= 0.3 is 0 Å². The van der Waals surface area contributed by atoms with Gasteiger partial charge in [-0.05, 0) is 47.5 Å². The summed E-state index contributed by atoms with van der Waals surface area (Å²) in [6, 6.07) is 12.2. The Morgan fingerprint density at radius 1 is 1.16 bits per heavy atom. The van der Waals surface area contributed by atoms with Crippen LogP contribution in [0.5, 0.6) is 11.5 Å². The van der Waals surface area contributed by atoms with Gasteiger partial charge in [0.1, 0.15) is 24.2 Å². The van der Waals surface area contributed by atoms with Crippen molar-refractivity contribution in [3.05, 3.63) is 77.3 Å². The van der Waals surface area contributed by atoms with Crippen LogP contribution in [0, 0.1) is 0 Å². The van der Waals surface area contributed by atoms with Gasteiger partial charge in [-0.2, -0.15) is 5.10 Å². The van der Waals surface area contributed by atoms with E-state index in [0.717, 1.165) is 0 Å². The first-order chi connectivity index (χ1) is 12.0. The molecule has 7 heteroatoms. The van der Waals surface area contributed by atoms with Gasteiger partial charge in [0, 0.05) is 11.1 Å². The normalized spacial score (nSPS) is 12.0. The molecule has 25 heavy (non-hydrogen) atoms. The molecule has 1 unspecified atom stereocenters. The summed E-state index contributed by atoms with van der Waals surface area (Å²) >= 11 is 12.2. The van der Waals surface area contributed by atoms with Crippen LogP contribution < -0.4 is 4.74 Å². The fourth-order valence-electron chi connectivity index (χ4n) is 2.25. The molecule has 0 fully saturated rings. The van der Waals surface area contributed by atoms with Crippen molar-refractivity contribution in [3.8, 4) is 11.5 Å². The summed E-state index contributed by atoms with van der Waals surface area (Å²) in [4.78, 5) is 3.84. The number of hydrogen-bond donors (Lipinski definition) is 1. The number of rotatable bonds is 6. The predicted molar refractivity (Wildman–Crippen MR) is 98.0 cm³/mol. The molecule has 0 aliphatic carbocycles. The molecule has 2 aromatic carbocycles. The first-order valence-electron chi connectivity index (χ1n) is 7.45. The summed E-state index contributed by atoms with van der Waals surface area (Å²) in [5, 5.41) is 15.3. The molecule has 0 saturated heterocycles. The Bertz CT molecular complexity index is 865. The smallest absolute Gasteiger partial charge is 0.137 e. The minimum Gasteiger partial charge on any atom is -0.457 e. The lowest BCUT2D eigenvalue weighted by Crippen LogP contribution is -2.17. The molecule has 1 aromatic heterocycles. The molecule has 0 radical (unpaired) electrons.